The predicted molar refractivity (Wildman–Crippen MR) is 120 cm³/mol. The lowest BCUT2D eigenvalue weighted by atomic mass is 10.1. The Hall–Kier alpha value is -2.92. The van der Waals surface area contributed by atoms with Crippen LogP contribution in [0.2, 0.25) is 0 Å². The second kappa shape index (κ2) is 9.26. The molecule has 5 heteroatoms. The van der Waals surface area contributed by atoms with E-state index in [4.69, 9.17) is 0 Å². The van der Waals surface area contributed by atoms with Gasteiger partial charge in [-0.25, -0.2) is 4.68 Å². The average Bonchev–Trinajstić information content (AvgIpc) is 3.08. The Bertz CT molecular complexity index is 986. The van der Waals surface area contributed by atoms with E-state index in [9.17, 15) is 4.79 Å². The number of carbonyl (C=O) groups excluding carboxylic acids is 1. The van der Waals surface area contributed by atoms with E-state index < -0.39 is 0 Å². The molecule has 3 aromatic rings. The molecule has 0 radical (unpaired) electrons. The minimum atomic E-state index is -0.0791. The number of nitrogens with zero attached hydrogens (tertiary/aromatic N) is 3. The highest BCUT2D eigenvalue weighted by atomic mass is 16.1. The van der Waals surface area contributed by atoms with Gasteiger partial charge in [0.2, 0.25) is 0 Å². The maximum absolute atomic E-state index is 12.9. The van der Waals surface area contributed by atoms with Crippen molar-refractivity contribution in [2.75, 3.05) is 13.1 Å². The topological polar surface area (TPSA) is 50.2 Å². The number of rotatable bonds is 6. The standard InChI is InChI=1S/C25H30N4O/c1-19-24(20(2)29(27-19)23-9-5-3-6-10-23)25(30)26-17-21-11-13-22(14-12-21)18-28-15-7-4-8-16-28/h3,5-6,9-14H,4,7-8,15-18H2,1-2H3,(H,26,30). The minimum absolute atomic E-state index is 0.0791. The number of benzene rings is 2. The van der Waals surface area contributed by atoms with E-state index in [-0.39, 0.29) is 5.91 Å². The van der Waals surface area contributed by atoms with Gasteiger partial charge < -0.3 is 5.32 Å². The first-order chi connectivity index (χ1) is 14.6. The summed E-state index contributed by atoms with van der Waals surface area (Å²) in [4.78, 5) is 15.4. The summed E-state index contributed by atoms with van der Waals surface area (Å²) in [6.45, 7) is 7.76. The summed E-state index contributed by atoms with van der Waals surface area (Å²) < 4.78 is 1.83. The molecule has 5 nitrogen and oxygen atoms in total. The Balaban J connectivity index is 1.38. The molecule has 1 aliphatic rings. The van der Waals surface area contributed by atoms with Crippen molar-refractivity contribution in [3.05, 3.63) is 82.7 Å². The van der Waals surface area contributed by atoms with Crippen LogP contribution in [0.3, 0.4) is 0 Å². The largest absolute Gasteiger partial charge is 0.348 e. The summed E-state index contributed by atoms with van der Waals surface area (Å²) in [7, 11) is 0. The minimum Gasteiger partial charge on any atom is -0.348 e. The lowest BCUT2D eigenvalue weighted by molar-refractivity contribution is 0.0949. The van der Waals surface area contributed by atoms with Crippen molar-refractivity contribution in [1.29, 1.82) is 0 Å². The van der Waals surface area contributed by atoms with Crippen molar-refractivity contribution in [2.45, 2.75) is 46.2 Å². The molecule has 1 fully saturated rings. The molecular weight excluding hydrogens is 372 g/mol. The van der Waals surface area contributed by atoms with Crippen molar-refractivity contribution in [2.24, 2.45) is 0 Å². The number of nitrogens with one attached hydrogen (secondary N) is 1. The van der Waals surface area contributed by atoms with Crippen LogP contribution in [0.5, 0.6) is 0 Å². The Morgan fingerprint density at radius 2 is 1.60 bits per heavy atom. The third-order valence-electron chi connectivity index (χ3n) is 5.85. The van der Waals surface area contributed by atoms with Gasteiger partial charge in [0, 0.05) is 13.1 Å². The van der Waals surface area contributed by atoms with Crippen molar-refractivity contribution >= 4 is 5.91 Å². The zero-order valence-corrected chi connectivity index (χ0v) is 17.9. The molecule has 1 saturated heterocycles. The summed E-state index contributed by atoms with van der Waals surface area (Å²) in [5, 5.41) is 7.63. The van der Waals surface area contributed by atoms with Crippen molar-refractivity contribution in [3.8, 4) is 5.69 Å². The van der Waals surface area contributed by atoms with Gasteiger partial charge in [-0.1, -0.05) is 48.9 Å². The van der Waals surface area contributed by atoms with E-state index in [1.54, 1.807) is 0 Å². The lowest BCUT2D eigenvalue weighted by Crippen LogP contribution is -2.29. The van der Waals surface area contributed by atoms with Crippen LogP contribution in [0.1, 0.15) is 52.1 Å². The smallest absolute Gasteiger partial charge is 0.255 e. The molecule has 2 aromatic carbocycles. The molecule has 1 aliphatic heterocycles. The van der Waals surface area contributed by atoms with Gasteiger partial charge >= 0.3 is 0 Å². The molecule has 0 bridgehead atoms. The third-order valence-corrected chi connectivity index (χ3v) is 5.85. The molecule has 4 rings (SSSR count). The molecule has 0 atom stereocenters. The molecule has 0 unspecified atom stereocenters. The number of amides is 1. The predicted octanol–water partition coefficient (Wildman–Crippen LogP) is 4.41. The number of hydrogen-bond acceptors (Lipinski definition) is 3. The first kappa shape index (κ1) is 20.4. The van der Waals surface area contributed by atoms with Crippen molar-refractivity contribution < 1.29 is 4.79 Å². The second-order valence-corrected chi connectivity index (χ2v) is 8.13. The zero-order valence-electron chi connectivity index (χ0n) is 17.9. The zero-order chi connectivity index (χ0) is 20.9. The molecule has 0 spiro atoms. The summed E-state index contributed by atoms with van der Waals surface area (Å²) in [6.07, 6.45) is 3.98. The first-order valence-corrected chi connectivity index (χ1v) is 10.8. The van der Waals surface area contributed by atoms with E-state index >= 15 is 0 Å². The molecule has 156 valence electrons. The molecule has 0 saturated carbocycles. The highest BCUT2D eigenvalue weighted by molar-refractivity contribution is 5.96. The van der Waals surface area contributed by atoms with Gasteiger partial charge in [0.15, 0.2) is 0 Å². The number of aryl methyl sites for hydroxylation is 1. The van der Waals surface area contributed by atoms with Crippen molar-refractivity contribution in [3.63, 3.8) is 0 Å². The van der Waals surface area contributed by atoms with Gasteiger partial charge in [-0.15, -0.1) is 0 Å². The summed E-state index contributed by atoms with van der Waals surface area (Å²) in [6, 6.07) is 18.5. The average molecular weight is 403 g/mol. The van der Waals surface area contributed by atoms with Gasteiger partial charge in [-0.2, -0.15) is 5.10 Å². The maximum Gasteiger partial charge on any atom is 0.255 e. The summed E-state index contributed by atoms with van der Waals surface area (Å²) >= 11 is 0. The van der Waals surface area contributed by atoms with E-state index in [0.29, 0.717) is 12.1 Å². The number of carbonyl (C=O) groups is 1. The first-order valence-electron chi connectivity index (χ1n) is 10.8. The fourth-order valence-corrected chi connectivity index (χ4v) is 4.20. The van der Waals surface area contributed by atoms with Gasteiger partial charge in [-0.3, -0.25) is 9.69 Å². The monoisotopic (exact) mass is 402 g/mol. The third kappa shape index (κ3) is 4.62. The van der Waals surface area contributed by atoms with E-state index in [1.165, 1.54) is 37.9 Å². The number of likely N-dealkylation sites (tertiary alicyclic amines) is 1. The summed E-state index contributed by atoms with van der Waals surface area (Å²) in [5.41, 5.74) is 5.65. The number of hydrogen-bond donors (Lipinski definition) is 1. The van der Waals surface area contributed by atoms with Gasteiger partial charge in [-0.05, 0) is 63.0 Å². The maximum atomic E-state index is 12.9. The van der Waals surface area contributed by atoms with Crippen LogP contribution >= 0.6 is 0 Å². The fourth-order valence-electron chi connectivity index (χ4n) is 4.20. The number of para-hydroxylation sites is 1. The van der Waals surface area contributed by atoms with E-state index in [2.05, 4.69) is 39.6 Å². The second-order valence-electron chi connectivity index (χ2n) is 8.13. The molecular formula is C25H30N4O. The molecule has 2 heterocycles. The Labute approximate surface area is 178 Å². The molecule has 30 heavy (non-hydrogen) atoms. The van der Waals surface area contributed by atoms with Crippen LogP contribution in [0.25, 0.3) is 5.69 Å². The Kier molecular flexibility index (Phi) is 6.29. The molecule has 0 aliphatic carbocycles. The van der Waals surface area contributed by atoms with Gasteiger partial charge in [0.25, 0.3) is 5.91 Å². The summed E-state index contributed by atoms with van der Waals surface area (Å²) in [5.74, 6) is -0.0791. The number of piperidine rings is 1. The Morgan fingerprint density at radius 3 is 2.30 bits per heavy atom. The van der Waals surface area contributed by atoms with Crippen LogP contribution in [-0.4, -0.2) is 33.7 Å². The quantitative estimate of drug-likeness (QED) is 0.665. The normalized spacial score (nSPS) is 14.6. The van der Waals surface area contributed by atoms with Gasteiger partial charge in [0.05, 0.1) is 22.6 Å². The number of aromatic nitrogens is 2. The SMILES string of the molecule is Cc1nn(-c2ccccc2)c(C)c1C(=O)NCc1ccc(CN2CCCCC2)cc1. The van der Waals surface area contributed by atoms with Crippen LogP contribution in [0, 0.1) is 13.8 Å². The lowest BCUT2D eigenvalue weighted by Gasteiger charge is -2.26. The van der Waals surface area contributed by atoms with E-state index in [0.717, 1.165) is 29.2 Å². The van der Waals surface area contributed by atoms with Crippen molar-refractivity contribution in [1.82, 2.24) is 20.0 Å². The highest BCUT2D eigenvalue weighted by Crippen LogP contribution is 2.18. The van der Waals surface area contributed by atoms with E-state index in [1.807, 2.05) is 48.9 Å². The van der Waals surface area contributed by atoms with Crippen LogP contribution in [0.4, 0.5) is 0 Å². The van der Waals surface area contributed by atoms with Gasteiger partial charge in [0.1, 0.15) is 0 Å². The molecule has 1 aromatic heterocycles. The van der Waals surface area contributed by atoms with Crippen LogP contribution in [0.15, 0.2) is 54.6 Å². The van der Waals surface area contributed by atoms with Crippen LogP contribution in [-0.2, 0) is 13.1 Å². The van der Waals surface area contributed by atoms with Crippen LogP contribution < -0.4 is 5.32 Å². The highest BCUT2D eigenvalue weighted by Gasteiger charge is 2.19. The fraction of sp³-hybridized carbons (Fsp3) is 0.360. The molecule has 1 amide bonds. The Morgan fingerprint density at radius 1 is 0.933 bits per heavy atom. The molecule has 1 N–H and O–H groups in total.